The van der Waals surface area contributed by atoms with Gasteiger partial charge in [-0.3, -0.25) is 9.36 Å². The SMILES string of the molecule is Cl.Nc1nc(NCCc2ccc(CCC(=O)O)cc2)nc2c1ncn2[C@@H]1O[C@H](CO)C(O)C1O. The topological polar surface area (TPSA) is 189 Å². The monoisotopic (exact) mass is 494 g/mol. The van der Waals surface area contributed by atoms with Gasteiger partial charge in [0.05, 0.1) is 12.9 Å². The minimum absolute atomic E-state index is 0. The summed E-state index contributed by atoms with van der Waals surface area (Å²) >= 11 is 0. The number of aryl methyl sites for hydroxylation is 1. The zero-order valence-corrected chi connectivity index (χ0v) is 18.9. The molecule has 1 aromatic carbocycles. The lowest BCUT2D eigenvalue weighted by Crippen LogP contribution is -2.33. The molecule has 1 saturated heterocycles. The summed E-state index contributed by atoms with van der Waals surface area (Å²) in [6.45, 7) is 0.0766. The van der Waals surface area contributed by atoms with Gasteiger partial charge in [-0.25, -0.2) is 4.98 Å². The molecule has 4 atom stereocenters. The number of carbonyl (C=O) groups is 1. The number of aliphatic carboxylic acids is 1. The first-order chi connectivity index (χ1) is 15.9. The van der Waals surface area contributed by atoms with Crippen molar-refractivity contribution in [2.24, 2.45) is 0 Å². The number of fused-ring (bicyclic) bond motifs is 1. The van der Waals surface area contributed by atoms with E-state index >= 15 is 0 Å². The number of benzene rings is 1. The lowest BCUT2D eigenvalue weighted by molar-refractivity contribution is -0.136. The van der Waals surface area contributed by atoms with E-state index in [9.17, 15) is 20.1 Å². The number of aromatic nitrogens is 4. The summed E-state index contributed by atoms with van der Waals surface area (Å²) in [5.41, 5.74) is 8.71. The standard InChI is InChI=1S/C21H26N6O6.ClH/c22-18-15-19(27(10-24-15)20-17(32)16(31)13(9-28)33-20)26-21(25-18)23-8-7-12-3-1-11(2-4-12)5-6-14(29)30;/h1-4,10,13,16-17,20,28,31-32H,5-9H2,(H,29,30)(H3,22,23,25,26);1H/t13-,16?,17?,20-;/m1./s1. The molecule has 0 amide bonds. The van der Waals surface area contributed by atoms with Crippen molar-refractivity contribution in [3.8, 4) is 0 Å². The second-order valence-corrected chi connectivity index (χ2v) is 7.87. The molecule has 13 heteroatoms. The molecule has 12 nitrogen and oxygen atoms in total. The van der Waals surface area contributed by atoms with Crippen LogP contribution in [0.25, 0.3) is 11.2 Å². The van der Waals surface area contributed by atoms with Crippen molar-refractivity contribution in [2.75, 3.05) is 24.2 Å². The number of hydrogen-bond donors (Lipinski definition) is 6. The predicted molar refractivity (Wildman–Crippen MR) is 125 cm³/mol. The number of nitrogens with one attached hydrogen (secondary N) is 1. The largest absolute Gasteiger partial charge is 0.481 e. The van der Waals surface area contributed by atoms with Crippen LogP contribution in [0.2, 0.25) is 0 Å². The van der Waals surface area contributed by atoms with Crippen LogP contribution in [0.1, 0.15) is 23.8 Å². The van der Waals surface area contributed by atoms with Gasteiger partial charge in [0.25, 0.3) is 0 Å². The lowest BCUT2D eigenvalue weighted by atomic mass is 10.1. The van der Waals surface area contributed by atoms with E-state index in [1.54, 1.807) is 0 Å². The molecule has 3 aromatic rings. The Morgan fingerprint density at radius 1 is 1.12 bits per heavy atom. The van der Waals surface area contributed by atoms with Crippen molar-refractivity contribution in [3.05, 3.63) is 41.7 Å². The number of carboxylic acid groups (broad SMARTS) is 1. The number of nitrogen functional groups attached to an aromatic ring is 1. The first kappa shape index (κ1) is 25.6. The molecule has 0 saturated carbocycles. The molecule has 7 N–H and O–H groups in total. The maximum absolute atomic E-state index is 10.7. The molecule has 0 spiro atoms. The van der Waals surface area contributed by atoms with Gasteiger partial charge in [-0.1, -0.05) is 24.3 Å². The minimum atomic E-state index is -1.27. The van der Waals surface area contributed by atoms with Crippen LogP contribution in [-0.4, -0.2) is 77.4 Å². The van der Waals surface area contributed by atoms with E-state index in [0.29, 0.717) is 30.6 Å². The summed E-state index contributed by atoms with van der Waals surface area (Å²) in [4.78, 5) is 23.5. The molecule has 0 radical (unpaired) electrons. The van der Waals surface area contributed by atoms with E-state index < -0.39 is 37.1 Å². The number of nitrogens with two attached hydrogens (primary N) is 1. The van der Waals surface area contributed by atoms with Gasteiger partial charge in [0.1, 0.15) is 23.8 Å². The molecule has 2 aromatic heterocycles. The molecule has 2 unspecified atom stereocenters. The number of anilines is 2. The molecule has 4 rings (SSSR count). The fraction of sp³-hybridized carbons (Fsp3) is 0.429. The van der Waals surface area contributed by atoms with Crippen molar-refractivity contribution in [1.29, 1.82) is 0 Å². The van der Waals surface area contributed by atoms with Gasteiger partial charge in [-0.05, 0) is 24.0 Å². The third kappa shape index (κ3) is 5.37. The maximum Gasteiger partial charge on any atom is 0.303 e. The minimum Gasteiger partial charge on any atom is -0.481 e. The molecule has 0 bridgehead atoms. The third-order valence-corrected chi connectivity index (χ3v) is 5.59. The number of nitrogens with zero attached hydrogens (tertiary/aromatic N) is 4. The highest BCUT2D eigenvalue weighted by Crippen LogP contribution is 2.32. The second kappa shape index (κ2) is 10.9. The zero-order chi connectivity index (χ0) is 23.5. The van der Waals surface area contributed by atoms with Gasteiger partial charge in [-0.2, -0.15) is 9.97 Å². The number of halogens is 1. The van der Waals surface area contributed by atoms with E-state index in [0.717, 1.165) is 11.1 Å². The summed E-state index contributed by atoms with van der Waals surface area (Å²) < 4.78 is 7.02. The van der Waals surface area contributed by atoms with Gasteiger partial charge >= 0.3 is 5.97 Å². The first-order valence-electron chi connectivity index (χ1n) is 10.5. The first-order valence-corrected chi connectivity index (χ1v) is 10.5. The lowest BCUT2D eigenvalue weighted by Gasteiger charge is -2.16. The molecule has 1 aliphatic heterocycles. The smallest absolute Gasteiger partial charge is 0.303 e. The molecule has 0 aliphatic carbocycles. The van der Waals surface area contributed by atoms with Crippen LogP contribution in [0.4, 0.5) is 11.8 Å². The number of ether oxygens (including phenoxy) is 1. The Kier molecular flexibility index (Phi) is 8.23. The van der Waals surface area contributed by atoms with E-state index in [4.69, 9.17) is 15.6 Å². The molecule has 34 heavy (non-hydrogen) atoms. The van der Waals surface area contributed by atoms with Crippen LogP contribution in [0.15, 0.2) is 30.6 Å². The van der Waals surface area contributed by atoms with Crippen LogP contribution in [-0.2, 0) is 22.4 Å². The van der Waals surface area contributed by atoms with Crippen molar-refractivity contribution in [1.82, 2.24) is 19.5 Å². The van der Waals surface area contributed by atoms with Crippen LogP contribution >= 0.6 is 12.4 Å². The van der Waals surface area contributed by atoms with Gasteiger partial charge in [0.15, 0.2) is 17.7 Å². The Labute approximate surface area is 200 Å². The van der Waals surface area contributed by atoms with Crippen LogP contribution in [0.3, 0.4) is 0 Å². The van der Waals surface area contributed by atoms with Crippen LogP contribution < -0.4 is 11.1 Å². The molecule has 184 valence electrons. The van der Waals surface area contributed by atoms with Crippen LogP contribution in [0.5, 0.6) is 0 Å². The zero-order valence-electron chi connectivity index (χ0n) is 18.1. The summed E-state index contributed by atoms with van der Waals surface area (Å²) in [5.74, 6) is -0.401. The molecular formula is C21H27ClN6O6. The summed E-state index contributed by atoms with van der Waals surface area (Å²) in [7, 11) is 0. The second-order valence-electron chi connectivity index (χ2n) is 7.87. The fourth-order valence-electron chi connectivity index (χ4n) is 3.76. The van der Waals surface area contributed by atoms with Crippen molar-refractivity contribution >= 4 is 41.3 Å². The highest BCUT2D eigenvalue weighted by atomic mass is 35.5. The van der Waals surface area contributed by atoms with E-state index in [1.165, 1.54) is 10.9 Å². The number of aliphatic hydroxyl groups is 3. The number of rotatable bonds is 9. The summed E-state index contributed by atoms with van der Waals surface area (Å²) in [6.07, 6.45) is -1.76. The average molecular weight is 495 g/mol. The van der Waals surface area contributed by atoms with E-state index in [2.05, 4.69) is 20.3 Å². The van der Waals surface area contributed by atoms with Crippen LogP contribution in [0, 0.1) is 0 Å². The Bertz CT molecular complexity index is 1130. The van der Waals surface area contributed by atoms with Gasteiger partial charge in [0.2, 0.25) is 5.95 Å². The van der Waals surface area contributed by atoms with E-state index in [1.807, 2.05) is 24.3 Å². The summed E-state index contributed by atoms with van der Waals surface area (Å²) in [6, 6.07) is 7.73. The van der Waals surface area contributed by atoms with Crippen molar-refractivity contribution in [2.45, 2.75) is 43.8 Å². The number of aliphatic hydroxyl groups excluding tert-OH is 3. The average Bonchev–Trinajstić information content (AvgIpc) is 3.34. The molecular weight excluding hydrogens is 468 g/mol. The Balaban J connectivity index is 0.00000324. The van der Waals surface area contributed by atoms with Gasteiger partial charge < -0.3 is 36.2 Å². The van der Waals surface area contributed by atoms with Gasteiger partial charge in [0, 0.05) is 13.0 Å². The van der Waals surface area contributed by atoms with E-state index in [-0.39, 0.29) is 30.6 Å². The number of carboxylic acids is 1. The summed E-state index contributed by atoms with van der Waals surface area (Å²) in [5, 5.41) is 41.6. The Morgan fingerprint density at radius 3 is 2.41 bits per heavy atom. The number of imidazole rings is 1. The molecule has 1 fully saturated rings. The van der Waals surface area contributed by atoms with Gasteiger partial charge in [-0.15, -0.1) is 12.4 Å². The number of hydrogen-bond acceptors (Lipinski definition) is 10. The highest BCUT2D eigenvalue weighted by molar-refractivity contribution is 5.85. The highest BCUT2D eigenvalue weighted by Gasteiger charge is 2.44. The van der Waals surface area contributed by atoms with Crippen molar-refractivity contribution < 1.29 is 30.0 Å². The quantitative estimate of drug-likeness (QED) is 0.237. The molecule has 3 heterocycles. The predicted octanol–water partition coefficient (Wildman–Crippen LogP) is 0.114. The third-order valence-electron chi connectivity index (χ3n) is 5.59. The fourth-order valence-corrected chi connectivity index (χ4v) is 3.76. The Morgan fingerprint density at radius 2 is 1.79 bits per heavy atom. The normalized spacial score (nSPS) is 22.0. The maximum atomic E-state index is 10.7. The Hall–Kier alpha value is -3.03. The van der Waals surface area contributed by atoms with Crippen molar-refractivity contribution in [3.63, 3.8) is 0 Å². The molecule has 1 aliphatic rings.